The van der Waals surface area contributed by atoms with E-state index in [0.29, 0.717) is 5.89 Å². The molecule has 0 bridgehead atoms. The van der Waals surface area contributed by atoms with Crippen LogP contribution < -0.4 is 0 Å². The van der Waals surface area contributed by atoms with Crippen molar-refractivity contribution in [3.05, 3.63) is 54.4 Å². The zero-order chi connectivity index (χ0) is 15.6. The SMILES string of the molecule is CN1CCN(Cc2coc(-c3cccc4ccccc34)n2)CC1. The van der Waals surface area contributed by atoms with Crippen LogP contribution >= 0.6 is 0 Å². The molecule has 23 heavy (non-hydrogen) atoms. The highest BCUT2D eigenvalue weighted by molar-refractivity contribution is 5.94. The number of benzene rings is 2. The normalized spacial score (nSPS) is 16.9. The van der Waals surface area contributed by atoms with Crippen LogP contribution in [0.3, 0.4) is 0 Å². The number of hydrogen-bond donors (Lipinski definition) is 0. The number of oxazole rings is 1. The maximum absolute atomic E-state index is 5.77. The predicted octanol–water partition coefficient (Wildman–Crippen LogP) is 3.24. The molecule has 2 aromatic carbocycles. The minimum atomic E-state index is 0.714. The Morgan fingerprint density at radius 3 is 2.65 bits per heavy atom. The van der Waals surface area contributed by atoms with E-state index in [2.05, 4.69) is 59.3 Å². The summed E-state index contributed by atoms with van der Waals surface area (Å²) in [5, 5.41) is 2.40. The van der Waals surface area contributed by atoms with Crippen LogP contribution in [-0.4, -0.2) is 48.0 Å². The Morgan fingerprint density at radius 2 is 1.78 bits per heavy atom. The maximum Gasteiger partial charge on any atom is 0.226 e. The Morgan fingerprint density at radius 1 is 1.00 bits per heavy atom. The monoisotopic (exact) mass is 307 g/mol. The maximum atomic E-state index is 5.77. The summed E-state index contributed by atoms with van der Waals surface area (Å²) in [6.45, 7) is 5.28. The largest absolute Gasteiger partial charge is 0.444 e. The van der Waals surface area contributed by atoms with Crippen molar-refractivity contribution >= 4 is 10.8 Å². The first kappa shape index (κ1) is 14.4. The number of aromatic nitrogens is 1. The van der Waals surface area contributed by atoms with Crippen molar-refractivity contribution in [3.63, 3.8) is 0 Å². The number of fused-ring (bicyclic) bond motifs is 1. The third kappa shape index (κ3) is 3.00. The van der Waals surface area contributed by atoms with Crippen LogP contribution in [0.2, 0.25) is 0 Å². The molecule has 1 aromatic heterocycles. The quantitative estimate of drug-likeness (QED) is 0.743. The van der Waals surface area contributed by atoms with Crippen molar-refractivity contribution in [2.24, 2.45) is 0 Å². The zero-order valence-corrected chi connectivity index (χ0v) is 13.4. The number of hydrogen-bond acceptors (Lipinski definition) is 4. The van der Waals surface area contributed by atoms with E-state index in [1.165, 1.54) is 10.8 Å². The lowest BCUT2D eigenvalue weighted by Crippen LogP contribution is -2.43. The summed E-state index contributed by atoms with van der Waals surface area (Å²) < 4.78 is 5.77. The molecule has 1 aliphatic heterocycles. The van der Waals surface area contributed by atoms with Crippen molar-refractivity contribution in [2.75, 3.05) is 33.2 Å². The molecule has 118 valence electrons. The molecule has 0 spiro atoms. The summed E-state index contributed by atoms with van der Waals surface area (Å²) in [4.78, 5) is 9.52. The summed E-state index contributed by atoms with van der Waals surface area (Å²) in [6.07, 6.45) is 1.80. The van der Waals surface area contributed by atoms with Gasteiger partial charge < -0.3 is 9.32 Å². The van der Waals surface area contributed by atoms with Gasteiger partial charge in [-0.05, 0) is 23.9 Å². The van der Waals surface area contributed by atoms with Crippen molar-refractivity contribution in [2.45, 2.75) is 6.54 Å². The Bertz CT molecular complexity index is 798. The molecule has 4 rings (SSSR count). The lowest BCUT2D eigenvalue weighted by Gasteiger charge is -2.31. The number of nitrogens with zero attached hydrogens (tertiary/aromatic N) is 3. The van der Waals surface area contributed by atoms with Crippen molar-refractivity contribution < 1.29 is 4.42 Å². The van der Waals surface area contributed by atoms with E-state index in [9.17, 15) is 0 Å². The smallest absolute Gasteiger partial charge is 0.226 e. The minimum Gasteiger partial charge on any atom is -0.444 e. The van der Waals surface area contributed by atoms with E-state index >= 15 is 0 Å². The molecule has 0 N–H and O–H groups in total. The minimum absolute atomic E-state index is 0.714. The van der Waals surface area contributed by atoms with Crippen molar-refractivity contribution in [1.29, 1.82) is 0 Å². The van der Waals surface area contributed by atoms with Gasteiger partial charge >= 0.3 is 0 Å². The fourth-order valence-electron chi connectivity index (χ4n) is 3.15. The molecule has 0 atom stereocenters. The topological polar surface area (TPSA) is 32.5 Å². The molecule has 1 fully saturated rings. The first-order valence-electron chi connectivity index (χ1n) is 8.13. The van der Waals surface area contributed by atoms with Crippen LogP contribution in [0, 0.1) is 0 Å². The van der Waals surface area contributed by atoms with Gasteiger partial charge in [0.05, 0.1) is 5.69 Å². The second kappa shape index (κ2) is 6.14. The summed E-state index contributed by atoms with van der Waals surface area (Å²) >= 11 is 0. The van der Waals surface area contributed by atoms with Gasteiger partial charge in [-0.15, -0.1) is 0 Å². The lowest BCUT2D eigenvalue weighted by molar-refractivity contribution is 0.147. The van der Waals surface area contributed by atoms with Gasteiger partial charge in [-0.2, -0.15) is 0 Å². The fraction of sp³-hybridized carbons (Fsp3) is 0.316. The summed E-state index contributed by atoms with van der Waals surface area (Å²) in [6, 6.07) is 14.6. The zero-order valence-electron chi connectivity index (χ0n) is 13.4. The van der Waals surface area contributed by atoms with Crippen LogP contribution in [-0.2, 0) is 6.54 Å². The van der Waals surface area contributed by atoms with Crippen LogP contribution in [0.1, 0.15) is 5.69 Å². The van der Waals surface area contributed by atoms with E-state index < -0.39 is 0 Å². The van der Waals surface area contributed by atoms with E-state index in [4.69, 9.17) is 9.40 Å². The highest BCUT2D eigenvalue weighted by Gasteiger charge is 2.16. The first-order valence-corrected chi connectivity index (χ1v) is 8.13. The second-order valence-electron chi connectivity index (χ2n) is 6.25. The molecule has 1 aliphatic rings. The molecule has 0 unspecified atom stereocenters. The summed E-state index contributed by atoms with van der Waals surface area (Å²) in [7, 11) is 2.17. The average Bonchev–Trinajstić information content (AvgIpc) is 3.05. The molecule has 0 saturated carbocycles. The molecular weight excluding hydrogens is 286 g/mol. The molecule has 4 nitrogen and oxygen atoms in total. The van der Waals surface area contributed by atoms with Gasteiger partial charge in [-0.3, -0.25) is 4.90 Å². The first-order chi connectivity index (χ1) is 11.3. The average molecular weight is 307 g/mol. The standard InChI is InChI=1S/C19H21N3O/c1-21-9-11-22(12-10-21)13-16-14-23-19(20-16)18-8-4-6-15-5-2-3-7-17(15)18/h2-8,14H,9-13H2,1H3. The van der Waals surface area contributed by atoms with Gasteiger partial charge in [-0.25, -0.2) is 4.98 Å². The molecule has 3 aromatic rings. The Labute approximate surface area is 136 Å². The van der Waals surface area contributed by atoms with Gasteiger partial charge in [0.25, 0.3) is 0 Å². The van der Waals surface area contributed by atoms with Gasteiger partial charge in [0.1, 0.15) is 6.26 Å². The van der Waals surface area contributed by atoms with Crippen molar-refractivity contribution in [1.82, 2.24) is 14.8 Å². The molecule has 1 saturated heterocycles. The van der Waals surface area contributed by atoms with Crippen LogP contribution in [0.4, 0.5) is 0 Å². The molecule has 0 aliphatic carbocycles. The predicted molar refractivity (Wildman–Crippen MR) is 92.2 cm³/mol. The molecule has 4 heteroatoms. The molecule has 0 radical (unpaired) electrons. The Kier molecular flexibility index (Phi) is 3.85. The molecule has 2 heterocycles. The number of likely N-dealkylation sites (N-methyl/N-ethyl adjacent to an activating group) is 1. The van der Waals surface area contributed by atoms with Gasteiger partial charge in [-0.1, -0.05) is 36.4 Å². The van der Waals surface area contributed by atoms with Gasteiger partial charge in [0.2, 0.25) is 5.89 Å². The third-order valence-electron chi connectivity index (χ3n) is 4.55. The van der Waals surface area contributed by atoms with Crippen LogP contribution in [0.25, 0.3) is 22.2 Å². The van der Waals surface area contributed by atoms with Gasteiger partial charge in [0, 0.05) is 38.3 Å². The van der Waals surface area contributed by atoms with Crippen LogP contribution in [0.5, 0.6) is 0 Å². The van der Waals surface area contributed by atoms with E-state index in [-0.39, 0.29) is 0 Å². The summed E-state index contributed by atoms with van der Waals surface area (Å²) in [5.41, 5.74) is 2.07. The molecular formula is C19H21N3O. The molecule has 0 amide bonds. The highest BCUT2D eigenvalue weighted by Crippen LogP contribution is 2.28. The summed E-state index contributed by atoms with van der Waals surface area (Å²) in [5.74, 6) is 0.714. The third-order valence-corrected chi connectivity index (χ3v) is 4.55. The van der Waals surface area contributed by atoms with Gasteiger partial charge in [0.15, 0.2) is 0 Å². The lowest BCUT2D eigenvalue weighted by atomic mass is 10.0. The Hall–Kier alpha value is -2.17. The number of piperazine rings is 1. The highest BCUT2D eigenvalue weighted by atomic mass is 16.3. The van der Waals surface area contributed by atoms with E-state index in [0.717, 1.165) is 44.0 Å². The Balaban J connectivity index is 1.57. The van der Waals surface area contributed by atoms with E-state index in [1.54, 1.807) is 6.26 Å². The second-order valence-corrected chi connectivity index (χ2v) is 6.25. The van der Waals surface area contributed by atoms with Crippen molar-refractivity contribution in [3.8, 4) is 11.5 Å². The van der Waals surface area contributed by atoms with Crippen LogP contribution in [0.15, 0.2) is 53.1 Å². The van der Waals surface area contributed by atoms with E-state index in [1.807, 2.05) is 0 Å². The fourth-order valence-corrected chi connectivity index (χ4v) is 3.15. The number of rotatable bonds is 3.